The van der Waals surface area contributed by atoms with Crippen LogP contribution in [0.4, 0.5) is 0 Å². The first kappa shape index (κ1) is 12.3. The maximum absolute atomic E-state index is 11.3. The van der Waals surface area contributed by atoms with Crippen molar-refractivity contribution >= 4 is 11.9 Å². The van der Waals surface area contributed by atoms with Gasteiger partial charge in [-0.05, 0) is 26.0 Å². The molecule has 5 nitrogen and oxygen atoms in total. The lowest BCUT2D eigenvalue weighted by molar-refractivity contribution is -0.146. The number of ether oxygens (including phenoxy) is 2. The topological polar surface area (TPSA) is 65.7 Å². The maximum Gasteiger partial charge on any atom is 0.374 e. The van der Waals surface area contributed by atoms with E-state index in [1.54, 1.807) is 19.9 Å². The number of carbonyl (C=O) groups is 2. The van der Waals surface area contributed by atoms with Gasteiger partial charge in [-0.25, -0.2) is 4.79 Å². The van der Waals surface area contributed by atoms with Crippen LogP contribution in [-0.4, -0.2) is 18.5 Å². The van der Waals surface area contributed by atoms with Crippen LogP contribution in [0.2, 0.25) is 0 Å². The van der Waals surface area contributed by atoms with Crippen LogP contribution >= 0.6 is 0 Å². The van der Waals surface area contributed by atoms with Gasteiger partial charge < -0.3 is 13.9 Å². The first-order valence-electron chi connectivity index (χ1n) is 4.98. The highest BCUT2D eigenvalue weighted by atomic mass is 16.6. The summed E-state index contributed by atoms with van der Waals surface area (Å²) < 4.78 is 14.9. The molecule has 0 aliphatic carbocycles. The molecule has 0 saturated heterocycles. The predicted octanol–water partition coefficient (Wildman–Crippen LogP) is 2.08. The molecule has 88 valence electrons. The molecule has 1 rings (SSSR count). The molecular formula is C11H14O5. The van der Waals surface area contributed by atoms with Crippen molar-refractivity contribution in [3.63, 3.8) is 0 Å². The molecular weight excluding hydrogens is 212 g/mol. The fraction of sp³-hybridized carbons (Fsp3) is 0.455. The Morgan fingerprint density at radius 1 is 1.44 bits per heavy atom. The number of carbonyl (C=O) groups excluding carboxylic acids is 2. The van der Waals surface area contributed by atoms with Gasteiger partial charge in [-0.3, -0.25) is 4.79 Å². The van der Waals surface area contributed by atoms with Crippen molar-refractivity contribution in [3.05, 3.63) is 23.7 Å². The molecule has 0 fully saturated rings. The van der Waals surface area contributed by atoms with E-state index >= 15 is 0 Å². The van der Waals surface area contributed by atoms with E-state index in [1.165, 1.54) is 13.0 Å². The van der Waals surface area contributed by atoms with Gasteiger partial charge in [0.25, 0.3) is 0 Å². The van der Waals surface area contributed by atoms with Gasteiger partial charge in [0, 0.05) is 6.92 Å². The normalized spacial score (nSPS) is 11.9. The van der Waals surface area contributed by atoms with Crippen LogP contribution in [-0.2, 0) is 14.3 Å². The van der Waals surface area contributed by atoms with Gasteiger partial charge in [0.05, 0.1) is 6.61 Å². The number of hydrogen-bond donors (Lipinski definition) is 0. The van der Waals surface area contributed by atoms with Crippen molar-refractivity contribution in [2.75, 3.05) is 6.61 Å². The second kappa shape index (κ2) is 5.34. The van der Waals surface area contributed by atoms with Crippen molar-refractivity contribution in [1.82, 2.24) is 0 Å². The van der Waals surface area contributed by atoms with E-state index in [2.05, 4.69) is 0 Å². The Kier molecular flexibility index (Phi) is 4.10. The lowest BCUT2D eigenvalue weighted by Crippen LogP contribution is -2.05. The summed E-state index contributed by atoms with van der Waals surface area (Å²) in [6.45, 7) is 4.97. The summed E-state index contributed by atoms with van der Waals surface area (Å²) in [4.78, 5) is 22.0. The van der Waals surface area contributed by atoms with Crippen LogP contribution in [0.25, 0.3) is 0 Å². The quantitative estimate of drug-likeness (QED) is 0.735. The third kappa shape index (κ3) is 3.12. The maximum atomic E-state index is 11.3. The van der Waals surface area contributed by atoms with Gasteiger partial charge in [-0.15, -0.1) is 0 Å². The molecule has 0 spiro atoms. The summed E-state index contributed by atoms with van der Waals surface area (Å²) >= 11 is 0. The Morgan fingerprint density at radius 3 is 2.69 bits per heavy atom. The molecule has 0 aliphatic rings. The molecule has 0 N–H and O–H groups in total. The first-order chi connectivity index (χ1) is 7.54. The molecule has 5 heteroatoms. The molecule has 0 aromatic carbocycles. The first-order valence-corrected chi connectivity index (χ1v) is 4.98. The van der Waals surface area contributed by atoms with Gasteiger partial charge in [-0.1, -0.05) is 0 Å². The second-order valence-corrected chi connectivity index (χ2v) is 3.17. The van der Waals surface area contributed by atoms with Crippen LogP contribution in [0.3, 0.4) is 0 Å². The molecule has 16 heavy (non-hydrogen) atoms. The van der Waals surface area contributed by atoms with Crippen molar-refractivity contribution in [2.45, 2.75) is 26.9 Å². The molecule has 1 atom stereocenters. The molecule has 0 radical (unpaired) electrons. The number of hydrogen-bond acceptors (Lipinski definition) is 5. The second-order valence-electron chi connectivity index (χ2n) is 3.17. The summed E-state index contributed by atoms with van der Waals surface area (Å²) in [5, 5.41) is 0. The monoisotopic (exact) mass is 226 g/mol. The molecule has 1 heterocycles. The zero-order chi connectivity index (χ0) is 12.1. The van der Waals surface area contributed by atoms with E-state index in [4.69, 9.17) is 13.9 Å². The van der Waals surface area contributed by atoms with E-state index in [-0.39, 0.29) is 12.4 Å². The largest absolute Gasteiger partial charge is 0.460 e. The summed E-state index contributed by atoms with van der Waals surface area (Å²) in [5.74, 6) is -0.403. The van der Waals surface area contributed by atoms with Crippen LogP contribution in [0.5, 0.6) is 0 Å². The molecule has 0 unspecified atom stereocenters. The van der Waals surface area contributed by atoms with Crippen LogP contribution in [0, 0.1) is 0 Å². The van der Waals surface area contributed by atoms with Gasteiger partial charge in [0.1, 0.15) is 5.76 Å². The highest BCUT2D eigenvalue weighted by Gasteiger charge is 2.17. The highest BCUT2D eigenvalue weighted by molar-refractivity contribution is 5.86. The zero-order valence-corrected chi connectivity index (χ0v) is 9.48. The minimum absolute atomic E-state index is 0.107. The number of rotatable bonds is 4. The lowest BCUT2D eigenvalue weighted by Gasteiger charge is -2.07. The fourth-order valence-corrected chi connectivity index (χ4v) is 1.19. The summed E-state index contributed by atoms with van der Waals surface area (Å²) in [6, 6.07) is 3.08. The Morgan fingerprint density at radius 2 is 2.12 bits per heavy atom. The van der Waals surface area contributed by atoms with Gasteiger partial charge in [0.2, 0.25) is 5.76 Å². The van der Waals surface area contributed by atoms with Crippen LogP contribution < -0.4 is 0 Å². The predicted molar refractivity (Wildman–Crippen MR) is 54.8 cm³/mol. The summed E-state index contributed by atoms with van der Waals surface area (Å²) in [6.07, 6.45) is -0.513. The van der Waals surface area contributed by atoms with Crippen LogP contribution in [0.15, 0.2) is 16.5 Å². The fourth-order valence-electron chi connectivity index (χ4n) is 1.19. The van der Waals surface area contributed by atoms with E-state index in [9.17, 15) is 9.59 Å². The zero-order valence-electron chi connectivity index (χ0n) is 9.48. The SMILES string of the molecule is CCOC(=O)c1ccc([C@@H](C)OC(C)=O)o1. The average molecular weight is 226 g/mol. The van der Waals surface area contributed by atoms with Crippen molar-refractivity contribution in [2.24, 2.45) is 0 Å². The molecule has 0 bridgehead atoms. The molecule has 1 aromatic heterocycles. The van der Waals surface area contributed by atoms with Gasteiger partial charge in [0.15, 0.2) is 6.10 Å². The number of esters is 2. The van der Waals surface area contributed by atoms with Gasteiger partial charge >= 0.3 is 11.9 Å². The summed E-state index contributed by atoms with van der Waals surface area (Å²) in [7, 11) is 0. The van der Waals surface area contributed by atoms with E-state index in [0.29, 0.717) is 5.76 Å². The van der Waals surface area contributed by atoms with E-state index < -0.39 is 18.0 Å². The van der Waals surface area contributed by atoms with Crippen molar-refractivity contribution in [1.29, 1.82) is 0 Å². The number of furan rings is 1. The minimum Gasteiger partial charge on any atom is -0.460 e. The third-order valence-corrected chi connectivity index (χ3v) is 1.85. The molecule has 0 aliphatic heterocycles. The standard InChI is InChI=1S/C11H14O5/c1-4-14-11(13)10-6-5-9(16-10)7(2)15-8(3)12/h5-7H,4H2,1-3H3/t7-/m1/s1. The lowest BCUT2D eigenvalue weighted by atomic mass is 10.3. The van der Waals surface area contributed by atoms with Crippen molar-refractivity contribution < 1.29 is 23.5 Å². The smallest absolute Gasteiger partial charge is 0.374 e. The van der Waals surface area contributed by atoms with E-state index in [0.717, 1.165) is 0 Å². The Labute approximate surface area is 93.3 Å². The van der Waals surface area contributed by atoms with E-state index in [1.807, 2.05) is 0 Å². The Hall–Kier alpha value is -1.78. The highest BCUT2D eigenvalue weighted by Crippen LogP contribution is 2.20. The minimum atomic E-state index is -0.524. The van der Waals surface area contributed by atoms with Crippen molar-refractivity contribution in [3.8, 4) is 0 Å². The molecule has 0 amide bonds. The average Bonchev–Trinajstić information content (AvgIpc) is 2.65. The Bertz CT molecular complexity index is 379. The molecule has 0 saturated carbocycles. The third-order valence-electron chi connectivity index (χ3n) is 1.85. The van der Waals surface area contributed by atoms with Crippen LogP contribution in [0.1, 0.15) is 43.2 Å². The van der Waals surface area contributed by atoms with Gasteiger partial charge in [-0.2, -0.15) is 0 Å². The molecule has 1 aromatic rings. The Balaban J connectivity index is 2.70. The summed E-state index contributed by atoms with van der Waals surface area (Å²) in [5.41, 5.74) is 0.